The van der Waals surface area contributed by atoms with Crippen LogP contribution in [0.1, 0.15) is 66.7 Å². The minimum absolute atomic E-state index is 0.528. The van der Waals surface area contributed by atoms with Crippen molar-refractivity contribution in [2.24, 2.45) is 16.7 Å². The molecule has 0 N–H and O–H groups in total. The second-order valence-electron chi connectivity index (χ2n) is 6.66. The predicted octanol–water partition coefficient (Wildman–Crippen LogP) is 4.64. The van der Waals surface area contributed by atoms with Crippen molar-refractivity contribution < 1.29 is 0 Å². The normalized spacial score (nSPS) is 29.8. The second-order valence-corrected chi connectivity index (χ2v) is 6.66. The maximum Gasteiger partial charge on any atom is -0.0354 e. The van der Waals surface area contributed by atoms with E-state index < -0.39 is 0 Å². The molecule has 0 nitrogen and oxygen atoms in total. The molecular formula is C13H26. The van der Waals surface area contributed by atoms with Crippen LogP contribution in [0.3, 0.4) is 0 Å². The third-order valence-corrected chi connectivity index (χ3v) is 3.80. The van der Waals surface area contributed by atoms with Crippen molar-refractivity contribution in [3.63, 3.8) is 0 Å². The van der Waals surface area contributed by atoms with Gasteiger partial charge in [0.15, 0.2) is 0 Å². The zero-order chi connectivity index (χ0) is 10.1. The molecule has 0 aliphatic heterocycles. The Balaban J connectivity index is 2.55. The van der Waals surface area contributed by atoms with Gasteiger partial charge in [-0.3, -0.25) is 0 Å². The van der Waals surface area contributed by atoms with Crippen molar-refractivity contribution >= 4 is 0 Å². The van der Waals surface area contributed by atoms with Crippen molar-refractivity contribution in [2.45, 2.75) is 66.7 Å². The maximum atomic E-state index is 2.43. The summed E-state index contributed by atoms with van der Waals surface area (Å²) in [6, 6.07) is 0. The molecule has 0 saturated heterocycles. The average molecular weight is 182 g/mol. The van der Waals surface area contributed by atoms with Crippen LogP contribution in [-0.2, 0) is 0 Å². The van der Waals surface area contributed by atoms with Crippen molar-refractivity contribution in [3.8, 4) is 0 Å². The Labute approximate surface area is 84.1 Å². The van der Waals surface area contributed by atoms with Crippen LogP contribution < -0.4 is 0 Å². The van der Waals surface area contributed by atoms with Crippen LogP contribution in [0.15, 0.2) is 0 Å². The average Bonchev–Trinajstić information content (AvgIpc) is 2.08. The number of hydrogen-bond acceptors (Lipinski definition) is 0. The Morgan fingerprint density at radius 2 is 1.62 bits per heavy atom. The quantitative estimate of drug-likeness (QED) is 0.479. The highest BCUT2D eigenvalue weighted by Crippen LogP contribution is 2.42. The smallest absolute Gasteiger partial charge is 0.0354 e. The molecule has 0 heterocycles. The van der Waals surface area contributed by atoms with Gasteiger partial charge < -0.3 is 0 Å². The molecule has 1 aliphatic rings. The Bertz CT molecular complexity index is 159. The van der Waals surface area contributed by atoms with Crippen LogP contribution in [0.5, 0.6) is 0 Å². The lowest BCUT2D eigenvalue weighted by molar-refractivity contribution is 0.206. The molecule has 0 spiro atoms. The fraction of sp³-hybridized carbons (Fsp3) is 1.00. The molecule has 0 aromatic rings. The van der Waals surface area contributed by atoms with E-state index >= 15 is 0 Å². The molecule has 78 valence electrons. The van der Waals surface area contributed by atoms with Gasteiger partial charge in [-0.25, -0.2) is 0 Å². The molecule has 0 aromatic heterocycles. The Hall–Kier alpha value is 0. The molecule has 1 atom stereocenters. The Morgan fingerprint density at radius 3 is 2.15 bits per heavy atom. The first kappa shape index (κ1) is 11.1. The third kappa shape index (κ3) is 3.32. The van der Waals surface area contributed by atoms with Crippen LogP contribution >= 0.6 is 0 Å². The fourth-order valence-electron chi connectivity index (χ4n) is 2.53. The standard InChI is InChI=1S/C13H26/c1-12(2,3)11-7-6-9-13(4,5)10-8-11/h11H,6-10H2,1-5H3. The van der Waals surface area contributed by atoms with Gasteiger partial charge in [-0.1, -0.05) is 41.0 Å². The van der Waals surface area contributed by atoms with E-state index in [1.165, 1.54) is 32.1 Å². The van der Waals surface area contributed by atoms with E-state index in [-0.39, 0.29) is 0 Å². The molecule has 0 amide bonds. The Morgan fingerprint density at radius 1 is 1.00 bits per heavy atom. The summed E-state index contributed by atoms with van der Waals surface area (Å²) in [6.45, 7) is 12.1. The van der Waals surface area contributed by atoms with Gasteiger partial charge in [-0.05, 0) is 42.4 Å². The van der Waals surface area contributed by atoms with Crippen molar-refractivity contribution in [3.05, 3.63) is 0 Å². The van der Waals surface area contributed by atoms with E-state index in [9.17, 15) is 0 Å². The molecule has 0 radical (unpaired) electrons. The highest BCUT2D eigenvalue weighted by Gasteiger charge is 2.30. The minimum Gasteiger partial charge on any atom is -0.0599 e. The van der Waals surface area contributed by atoms with Crippen LogP contribution in [0, 0.1) is 16.7 Å². The molecule has 0 aromatic carbocycles. The first-order chi connectivity index (χ1) is 5.81. The second kappa shape index (κ2) is 3.63. The molecule has 1 rings (SSSR count). The van der Waals surface area contributed by atoms with Crippen LogP contribution in [0.25, 0.3) is 0 Å². The molecule has 13 heavy (non-hydrogen) atoms. The van der Waals surface area contributed by atoms with Crippen LogP contribution in [0.2, 0.25) is 0 Å². The van der Waals surface area contributed by atoms with Crippen molar-refractivity contribution in [1.29, 1.82) is 0 Å². The van der Waals surface area contributed by atoms with Crippen molar-refractivity contribution in [1.82, 2.24) is 0 Å². The molecule has 0 bridgehead atoms. The van der Waals surface area contributed by atoms with Gasteiger partial charge in [0, 0.05) is 0 Å². The van der Waals surface area contributed by atoms with E-state index in [1.807, 2.05) is 0 Å². The lowest BCUT2D eigenvalue weighted by Gasteiger charge is -2.30. The summed E-state index contributed by atoms with van der Waals surface area (Å²) in [5.41, 5.74) is 1.14. The number of rotatable bonds is 0. The summed E-state index contributed by atoms with van der Waals surface area (Å²) in [7, 11) is 0. The molecule has 1 fully saturated rings. The zero-order valence-electron chi connectivity index (χ0n) is 10.1. The molecule has 1 saturated carbocycles. The molecule has 1 unspecified atom stereocenters. The summed E-state index contributed by atoms with van der Waals surface area (Å²) >= 11 is 0. The summed E-state index contributed by atoms with van der Waals surface area (Å²) in [5, 5.41) is 0. The largest absolute Gasteiger partial charge is 0.0599 e. The minimum atomic E-state index is 0.528. The van der Waals surface area contributed by atoms with Gasteiger partial charge in [-0.2, -0.15) is 0 Å². The van der Waals surface area contributed by atoms with Gasteiger partial charge in [0.05, 0.1) is 0 Å². The van der Waals surface area contributed by atoms with E-state index in [0.717, 1.165) is 5.92 Å². The highest BCUT2D eigenvalue weighted by molar-refractivity contribution is 4.81. The van der Waals surface area contributed by atoms with Gasteiger partial charge in [0.1, 0.15) is 0 Å². The van der Waals surface area contributed by atoms with Crippen LogP contribution in [0.4, 0.5) is 0 Å². The SMILES string of the molecule is CC1(C)CCCC(C(C)(C)C)CC1. The summed E-state index contributed by atoms with van der Waals surface area (Å²) in [4.78, 5) is 0. The molecule has 1 aliphatic carbocycles. The first-order valence-corrected chi connectivity index (χ1v) is 5.81. The van der Waals surface area contributed by atoms with Crippen molar-refractivity contribution in [2.75, 3.05) is 0 Å². The summed E-state index contributed by atoms with van der Waals surface area (Å²) < 4.78 is 0. The Kier molecular flexibility index (Phi) is 3.09. The maximum absolute atomic E-state index is 2.43. The topological polar surface area (TPSA) is 0 Å². The number of hydrogen-bond donors (Lipinski definition) is 0. The molecule has 0 heteroatoms. The highest BCUT2D eigenvalue weighted by atomic mass is 14.4. The van der Waals surface area contributed by atoms with Gasteiger partial charge >= 0.3 is 0 Å². The van der Waals surface area contributed by atoms with E-state index in [4.69, 9.17) is 0 Å². The zero-order valence-corrected chi connectivity index (χ0v) is 10.1. The first-order valence-electron chi connectivity index (χ1n) is 5.81. The fourth-order valence-corrected chi connectivity index (χ4v) is 2.53. The van der Waals surface area contributed by atoms with Gasteiger partial charge in [0.25, 0.3) is 0 Å². The monoisotopic (exact) mass is 182 g/mol. The molecular weight excluding hydrogens is 156 g/mol. The lowest BCUT2D eigenvalue weighted by Crippen LogP contribution is -2.20. The van der Waals surface area contributed by atoms with E-state index in [0.29, 0.717) is 10.8 Å². The van der Waals surface area contributed by atoms with Gasteiger partial charge in [-0.15, -0.1) is 0 Å². The van der Waals surface area contributed by atoms with Gasteiger partial charge in [0.2, 0.25) is 0 Å². The van der Waals surface area contributed by atoms with E-state index in [1.54, 1.807) is 0 Å². The summed E-state index contributed by atoms with van der Waals surface area (Å²) in [6.07, 6.45) is 7.19. The van der Waals surface area contributed by atoms with Crippen LogP contribution in [-0.4, -0.2) is 0 Å². The third-order valence-electron chi connectivity index (χ3n) is 3.80. The van der Waals surface area contributed by atoms with E-state index in [2.05, 4.69) is 34.6 Å². The lowest BCUT2D eigenvalue weighted by atomic mass is 9.75. The summed E-state index contributed by atoms with van der Waals surface area (Å²) in [5.74, 6) is 0.953. The predicted molar refractivity (Wildman–Crippen MR) is 59.8 cm³/mol.